The molecule has 1 aromatic rings. The maximum absolute atomic E-state index is 10.7. The van der Waals surface area contributed by atoms with Gasteiger partial charge in [0.1, 0.15) is 0 Å². The Kier molecular flexibility index (Phi) is 6.02. The highest BCUT2D eigenvalue weighted by molar-refractivity contribution is 5.23. The number of benzene rings is 1. The summed E-state index contributed by atoms with van der Waals surface area (Å²) < 4.78 is 0. The lowest BCUT2D eigenvalue weighted by Crippen LogP contribution is -2.54. The molecule has 0 amide bonds. The molecular formula is C17H29NO. The predicted molar refractivity (Wildman–Crippen MR) is 82.5 cm³/mol. The van der Waals surface area contributed by atoms with Crippen molar-refractivity contribution in [3.05, 3.63) is 35.4 Å². The standard InChI is InChI=1S/C17H29NO/c1-6-17(5,18(7-2)8-3)16(19)13-15-11-9-10-14(4)12-15/h9-12,16,19H,6-8,13H2,1-5H3. The van der Waals surface area contributed by atoms with Crippen LogP contribution in [0.4, 0.5) is 0 Å². The molecule has 0 aromatic heterocycles. The van der Waals surface area contributed by atoms with Crippen molar-refractivity contribution in [2.75, 3.05) is 13.1 Å². The van der Waals surface area contributed by atoms with Gasteiger partial charge >= 0.3 is 0 Å². The fourth-order valence-electron chi connectivity index (χ4n) is 2.90. The molecule has 0 heterocycles. The summed E-state index contributed by atoms with van der Waals surface area (Å²) in [6.45, 7) is 12.7. The molecular weight excluding hydrogens is 234 g/mol. The average Bonchev–Trinajstić information content (AvgIpc) is 2.39. The number of aliphatic hydroxyl groups is 1. The van der Waals surface area contributed by atoms with Crippen LogP contribution in [0.3, 0.4) is 0 Å². The van der Waals surface area contributed by atoms with Gasteiger partial charge in [-0.2, -0.15) is 0 Å². The highest BCUT2D eigenvalue weighted by Gasteiger charge is 2.35. The first-order valence-electron chi connectivity index (χ1n) is 7.46. The summed E-state index contributed by atoms with van der Waals surface area (Å²) in [5.74, 6) is 0. The fourth-order valence-corrected chi connectivity index (χ4v) is 2.90. The van der Waals surface area contributed by atoms with Gasteiger partial charge in [0.25, 0.3) is 0 Å². The summed E-state index contributed by atoms with van der Waals surface area (Å²) in [7, 11) is 0. The van der Waals surface area contributed by atoms with E-state index in [1.165, 1.54) is 11.1 Å². The van der Waals surface area contributed by atoms with Crippen LogP contribution in [0.2, 0.25) is 0 Å². The Balaban J connectivity index is 2.87. The van der Waals surface area contributed by atoms with Gasteiger partial charge in [-0.25, -0.2) is 0 Å². The molecule has 2 nitrogen and oxygen atoms in total. The molecule has 0 aliphatic rings. The molecule has 0 radical (unpaired) electrons. The van der Waals surface area contributed by atoms with Crippen LogP contribution in [0.25, 0.3) is 0 Å². The summed E-state index contributed by atoms with van der Waals surface area (Å²) >= 11 is 0. The first-order chi connectivity index (χ1) is 8.97. The highest BCUT2D eigenvalue weighted by Crippen LogP contribution is 2.26. The van der Waals surface area contributed by atoms with Gasteiger partial charge in [0.05, 0.1) is 6.10 Å². The SMILES string of the molecule is CCN(CC)C(C)(CC)C(O)Cc1cccc(C)c1. The molecule has 0 bridgehead atoms. The third-order valence-electron chi connectivity index (χ3n) is 4.43. The van der Waals surface area contributed by atoms with Gasteiger partial charge in [-0.15, -0.1) is 0 Å². The van der Waals surface area contributed by atoms with Crippen molar-refractivity contribution in [3.8, 4) is 0 Å². The van der Waals surface area contributed by atoms with Crippen LogP contribution in [0.5, 0.6) is 0 Å². The third kappa shape index (κ3) is 3.80. The fraction of sp³-hybridized carbons (Fsp3) is 0.647. The molecule has 0 saturated carbocycles. The second-order valence-corrected chi connectivity index (χ2v) is 5.59. The number of likely N-dealkylation sites (N-methyl/N-ethyl adjacent to an activating group) is 1. The van der Waals surface area contributed by atoms with Gasteiger partial charge < -0.3 is 5.11 Å². The Morgan fingerprint density at radius 3 is 2.32 bits per heavy atom. The lowest BCUT2D eigenvalue weighted by atomic mass is 9.85. The molecule has 0 aliphatic carbocycles. The number of hydrogen-bond acceptors (Lipinski definition) is 2. The molecule has 2 unspecified atom stereocenters. The van der Waals surface area contributed by atoms with E-state index in [4.69, 9.17) is 0 Å². The summed E-state index contributed by atoms with van der Waals surface area (Å²) in [6, 6.07) is 8.44. The van der Waals surface area contributed by atoms with Crippen LogP contribution >= 0.6 is 0 Å². The Labute approximate surface area is 118 Å². The Morgan fingerprint density at radius 2 is 1.84 bits per heavy atom. The largest absolute Gasteiger partial charge is 0.391 e. The Morgan fingerprint density at radius 1 is 1.21 bits per heavy atom. The van der Waals surface area contributed by atoms with Gasteiger partial charge in [0.15, 0.2) is 0 Å². The van der Waals surface area contributed by atoms with Crippen molar-refractivity contribution in [2.45, 2.75) is 59.1 Å². The molecule has 19 heavy (non-hydrogen) atoms. The zero-order chi connectivity index (χ0) is 14.5. The van der Waals surface area contributed by atoms with E-state index >= 15 is 0 Å². The second kappa shape index (κ2) is 7.06. The van der Waals surface area contributed by atoms with Gasteiger partial charge in [0, 0.05) is 12.0 Å². The molecule has 0 saturated heterocycles. The van der Waals surface area contributed by atoms with E-state index in [2.05, 4.69) is 63.8 Å². The van der Waals surface area contributed by atoms with E-state index in [9.17, 15) is 5.11 Å². The van der Waals surface area contributed by atoms with Gasteiger partial charge in [0.2, 0.25) is 0 Å². The second-order valence-electron chi connectivity index (χ2n) is 5.59. The van der Waals surface area contributed by atoms with Crippen molar-refractivity contribution < 1.29 is 5.11 Å². The van der Waals surface area contributed by atoms with Crippen LogP contribution < -0.4 is 0 Å². The molecule has 2 atom stereocenters. The van der Waals surface area contributed by atoms with Crippen LogP contribution in [0, 0.1) is 6.92 Å². The maximum atomic E-state index is 10.7. The predicted octanol–water partition coefficient (Wildman–Crippen LogP) is 3.41. The monoisotopic (exact) mass is 263 g/mol. The van der Waals surface area contributed by atoms with Crippen LogP contribution in [-0.4, -0.2) is 34.7 Å². The number of aliphatic hydroxyl groups excluding tert-OH is 1. The lowest BCUT2D eigenvalue weighted by Gasteiger charge is -2.43. The topological polar surface area (TPSA) is 23.5 Å². The zero-order valence-corrected chi connectivity index (χ0v) is 13.1. The van der Waals surface area contributed by atoms with E-state index in [0.29, 0.717) is 0 Å². The Bertz CT molecular complexity index is 387. The first-order valence-corrected chi connectivity index (χ1v) is 7.46. The molecule has 0 aliphatic heterocycles. The van der Waals surface area contributed by atoms with Gasteiger partial charge in [-0.3, -0.25) is 4.90 Å². The molecule has 0 fully saturated rings. The first kappa shape index (κ1) is 16.2. The zero-order valence-electron chi connectivity index (χ0n) is 13.1. The number of aryl methyl sites for hydroxylation is 1. The van der Waals surface area contributed by atoms with Crippen molar-refractivity contribution in [2.24, 2.45) is 0 Å². The van der Waals surface area contributed by atoms with E-state index in [-0.39, 0.29) is 11.6 Å². The van der Waals surface area contributed by atoms with Crippen LogP contribution in [0.15, 0.2) is 24.3 Å². The minimum Gasteiger partial charge on any atom is -0.391 e. The van der Waals surface area contributed by atoms with E-state index in [0.717, 1.165) is 25.9 Å². The van der Waals surface area contributed by atoms with Crippen molar-refractivity contribution in [3.63, 3.8) is 0 Å². The van der Waals surface area contributed by atoms with E-state index in [1.807, 2.05) is 0 Å². The van der Waals surface area contributed by atoms with Crippen LogP contribution in [0.1, 0.15) is 45.2 Å². The van der Waals surface area contributed by atoms with Gasteiger partial charge in [-0.05, 0) is 38.9 Å². The highest BCUT2D eigenvalue weighted by atomic mass is 16.3. The maximum Gasteiger partial charge on any atom is 0.0761 e. The van der Waals surface area contributed by atoms with Crippen molar-refractivity contribution >= 4 is 0 Å². The summed E-state index contributed by atoms with van der Waals surface area (Å²) in [5, 5.41) is 10.7. The van der Waals surface area contributed by atoms with Crippen LogP contribution in [-0.2, 0) is 6.42 Å². The quantitative estimate of drug-likeness (QED) is 0.815. The summed E-state index contributed by atoms with van der Waals surface area (Å²) in [5.41, 5.74) is 2.33. The molecule has 1 aromatic carbocycles. The third-order valence-corrected chi connectivity index (χ3v) is 4.43. The van der Waals surface area contributed by atoms with Crippen molar-refractivity contribution in [1.82, 2.24) is 4.90 Å². The normalized spacial score (nSPS) is 16.4. The molecule has 1 N–H and O–H groups in total. The smallest absolute Gasteiger partial charge is 0.0761 e. The van der Waals surface area contributed by atoms with E-state index in [1.54, 1.807) is 0 Å². The van der Waals surface area contributed by atoms with Gasteiger partial charge in [-0.1, -0.05) is 50.6 Å². The molecule has 0 spiro atoms. The molecule has 1 rings (SSSR count). The van der Waals surface area contributed by atoms with Crippen molar-refractivity contribution in [1.29, 1.82) is 0 Å². The number of hydrogen-bond donors (Lipinski definition) is 1. The minimum absolute atomic E-state index is 0.146. The Hall–Kier alpha value is -0.860. The van der Waals surface area contributed by atoms with E-state index < -0.39 is 0 Å². The molecule has 2 heteroatoms. The molecule has 108 valence electrons. The number of rotatable bonds is 7. The minimum atomic E-state index is -0.334. The summed E-state index contributed by atoms with van der Waals surface area (Å²) in [4.78, 5) is 2.37. The summed E-state index contributed by atoms with van der Waals surface area (Å²) in [6.07, 6.45) is 1.35. The average molecular weight is 263 g/mol. The number of nitrogens with zero attached hydrogens (tertiary/aromatic N) is 1. The lowest BCUT2D eigenvalue weighted by molar-refractivity contribution is -0.0190.